The minimum atomic E-state index is -0.456. The first-order chi connectivity index (χ1) is 14.8. The maximum atomic E-state index is 11.3. The second kappa shape index (κ2) is 9.63. The maximum absolute atomic E-state index is 11.3. The van der Waals surface area contributed by atoms with E-state index in [0.717, 1.165) is 0 Å². The summed E-state index contributed by atoms with van der Waals surface area (Å²) in [6, 6.07) is 6.41. The zero-order chi connectivity index (χ0) is 22.5. The number of rotatable bonds is 7. The molecule has 0 unspecified atom stereocenters. The van der Waals surface area contributed by atoms with Crippen LogP contribution < -0.4 is 14.8 Å². The Labute approximate surface area is 188 Å². The first-order valence-electron chi connectivity index (χ1n) is 8.96. The lowest BCUT2D eigenvalue weighted by Crippen LogP contribution is -2.02. The van der Waals surface area contributed by atoms with Gasteiger partial charge in [0.2, 0.25) is 5.95 Å². The lowest BCUT2D eigenvalue weighted by molar-refractivity contribution is -0.384. The van der Waals surface area contributed by atoms with Crippen LogP contribution in [0.3, 0.4) is 0 Å². The van der Waals surface area contributed by atoms with Gasteiger partial charge >= 0.3 is 0 Å². The van der Waals surface area contributed by atoms with Crippen molar-refractivity contribution in [2.45, 2.75) is 6.92 Å². The smallest absolute Gasteiger partial charge is 0.293 e. The lowest BCUT2D eigenvalue weighted by Gasteiger charge is -2.12. The van der Waals surface area contributed by atoms with Gasteiger partial charge in [-0.1, -0.05) is 47.5 Å². The van der Waals surface area contributed by atoms with Gasteiger partial charge < -0.3 is 14.8 Å². The summed E-state index contributed by atoms with van der Waals surface area (Å²) in [5.74, 6) is 1.09. The molecule has 0 atom stereocenters. The number of hydrogen-bond donors (Lipinski definition) is 1. The van der Waals surface area contributed by atoms with Crippen molar-refractivity contribution in [2.75, 3.05) is 19.5 Å². The summed E-state index contributed by atoms with van der Waals surface area (Å²) in [6.45, 7) is 1.77. The Bertz CT molecular complexity index is 1120. The molecule has 0 amide bonds. The summed E-state index contributed by atoms with van der Waals surface area (Å²) in [7, 11) is 3.00. The molecule has 0 fully saturated rings. The number of halogens is 2. The van der Waals surface area contributed by atoms with E-state index in [4.69, 9.17) is 32.7 Å². The summed E-state index contributed by atoms with van der Waals surface area (Å²) in [5.41, 5.74) is 2.19. The quantitative estimate of drug-likeness (QED) is 0.344. The van der Waals surface area contributed by atoms with Gasteiger partial charge in [0.25, 0.3) is 5.69 Å². The SMILES string of the molecule is COc1cc(OC)c(Cl)c(/C=C/c2cnc(Nc3c(C)cccc3[N+](=O)[O-])nc2)c1Cl. The third kappa shape index (κ3) is 4.87. The molecule has 0 aliphatic carbocycles. The number of benzene rings is 2. The summed E-state index contributed by atoms with van der Waals surface area (Å²) >= 11 is 12.7. The Balaban J connectivity index is 1.86. The number of nitro benzene ring substituents is 1. The number of methoxy groups -OCH3 is 2. The van der Waals surface area contributed by atoms with E-state index in [-0.39, 0.29) is 11.6 Å². The number of nitrogens with one attached hydrogen (secondary N) is 1. The zero-order valence-corrected chi connectivity index (χ0v) is 18.4. The van der Waals surface area contributed by atoms with Gasteiger partial charge in [0, 0.05) is 35.7 Å². The first kappa shape index (κ1) is 22.3. The number of nitrogens with zero attached hydrogens (tertiary/aromatic N) is 3. The predicted octanol–water partition coefficient (Wildman–Crippen LogP) is 5.93. The van der Waals surface area contributed by atoms with Crippen LogP contribution in [0.5, 0.6) is 11.5 Å². The number of hydrogen-bond acceptors (Lipinski definition) is 7. The largest absolute Gasteiger partial charge is 0.495 e. The van der Waals surface area contributed by atoms with E-state index in [1.807, 2.05) is 0 Å². The molecule has 1 heterocycles. The number of nitro groups is 1. The molecule has 8 nitrogen and oxygen atoms in total. The van der Waals surface area contributed by atoms with Crippen LogP contribution in [0.1, 0.15) is 16.7 Å². The van der Waals surface area contributed by atoms with E-state index in [0.29, 0.717) is 43.9 Å². The molecule has 1 aromatic heterocycles. The predicted molar refractivity (Wildman–Crippen MR) is 122 cm³/mol. The van der Waals surface area contributed by atoms with Crippen LogP contribution in [0.4, 0.5) is 17.3 Å². The van der Waals surface area contributed by atoms with Crippen LogP contribution in [0.2, 0.25) is 10.0 Å². The molecule has 3 aromatic rings. The normalized spacial score (nSPS) is 10.9. The molecule has 0 saturated heterocycles. The average molecular weight is 461 g/mol. The molecule has 0 saturated carbocycles. The minimum Gasteiger partial charge on any atom is -0.495 e. The van der Waals surface area contributed by atoms with Gasteiger partial charge in [-0.2, -0.15) is 0 Å². The number of aromatic nitrogens is 2. The van der Waals surface area contributed by atoms with E-state index in [1.165, 1.54) is 20.3 Å². The van der Waals surface area contributed by atoms with Crippen LogP contribution in [-0.4, -0.2) is 29.1 Å². The van der Waals surface area contributed by atoms with Gasteiger partial charge in [0.1, 0.15) is 17.2 Å². The van der Waals surface area contributed by atoms with Crippen LogP contribution in [-0.2, 0) is 0 Å². The molecule has 0 spiro atoms. The molecule has 160 valence electrons. The van der Waals surface area contributed by atoms with Crippen molar-refractivity contribution in [3.63, 3.8) is 0 Å². The van der Waals surface area contributed by atoms with Crippen molar-refractivity contribution in [3.05, 3.63) is 73.5 Å². The molecule has 1 N–H and O–H groups in total. The van der Waals surface area contributed by atoms with Crippen molar-refractivity contribution in [1.82, 2.24) is 9.97 Å². The van der Waals surface area contributed by atoms with Gasteiger partial charge in [0.05, 0.1) is 29.2 Å². The highest BCUT2D eigenvalue weighted by atomic mass is 35.5. The van der Waals surface area contributed by atoms with E-state index in [2.05, 4.69) is 15.3 Å². The minimum absolute atomic E-state index is 0.0520. The Morgan fingerprint density at radius 3 is 2.23 bits per heavy atom. The van der Waals surface area contributed by atoms with E-state index in [1.54, 1.807) is 49.7 Å². The fourth-order valence-electron chi connectivity index (χ4n) is 2.80. The molecular formula is C21H18Cl2N4O4. The summed E-state index contributed by atoms with van der Waals surface area (Å²) in [5, 5.41) is 14.9. The van der Waals surface area contributed by atoms with Gasteiger partial charge in [-0.05, 0) is 12.5 Å². The molecule has 0 bridgehead atoms. The topological polar surface area (TPSA) is 99.4 Å². The average Bonchev–Trinajstić information content (AvgIpc) is 2.76. The molecule has 2 aromatic carbocycles. The van der Waals surface area contributed by atoms with E-state index >= 15 is 0 Å². The monoisotopic (exact) mass is 460 g/mol. The Morgan fingerprint density at radius 2 is 1.68 bits per heavy atom. The Morgan fingerprint density at radius 1 is 1.06 bits per heavy atom. The van der Waals surface area contributed by atoms with Crippen LogP contribution in [0.25, 0.3) is 12.2 Å². The fourth-order valence-corrected chi connectivity index (χ4v) is 3.42. The standard InChI is InChI=1S/C21H18Cl2N4O4/c1-12-5-4-6-15(27(28)29)20(12)26-21-24-10-13(11-25-21)7-8-14-18(22)16(30-2)9-17(31-3)19(14)23/h4-11H,1-3H3,(H,24,25,26)/b8-7+. The highest BCUT2D eigenvalue weighted by molar-refractivity contribution is 6.39. The van der Waals surface area contributed by atoms with Crippen LogP contribution in [0, 0.1) is 17.0 Å². The lowest BCUT2D eigenvalue weighted by atomic mass is 10.1. The number of ether oxygens (including phenoxy) is 2. The Kier molecular flexibility index (Phi) is 6.94. The number of para-hydroxylation sites is 1. The molecule has 3 rings (SSSR count). The summed E-state index contributed by atoms with van der Waals surface area (Å²) < 4.78 is 10.5. The van der Waals surface area contributed by atoms with Gasteiger partial charge in [-0.15, -0.1) is 0 Å². The molecule has 0 aliphatic rings. The zero-order valence-electron chi connectivity index (χ0n) is 16.8. The number of anilines is 2. The molecule has 0 aliphatic heterocycles. The van der Waals surface area contributed by atoms with E-state index < -0.39 is 4.92 Å². The second-order valence-corrected chi connectivity index (χ2v) is 7.10. The van der Waals surface area contributed by atoms with Crippen LogP contribution >= 0.6 is 23.2 Å². The van der Waals surface area contributed by atoms with Crippen LogP contribution in [0.15, 0.2) is 36.7 Å². The van der Waals surface area contributed by atoms with Gasteiger partial charge in [0.15, 0.2) is 0 Å². The molecule has 0 radical (unpaired) electrons. The summed E-state index contributed by atoms with van der Waals surface area (Å²) in [4.78, 5) is 19.3. The fraction of sp³-hybridized carbons (Fsp3) is 0.143. The third-order valence-electron chi connectivity index (χ3n) is 4.41. The van der Waals surface area contributed by atoms with Crippen molar-refractivity contribution in [2.24, 2.45) is 0 Å². The number of aryl methyl sites for hydroxylation is 1. The third-order valence-corrected chi connectivity index (χ3v) is 5.19. The van der Waals surface area contributed by atoms with E-state index in [9.17, 15) is 10.1 Å². The van der Waals surface area contributed by atoms with Crippen molar-refractivity contribution >= 4 is 52.7 Å². The van der Waals surface area contributed by atoms with Gasteiger partial charge in [-0.3, -0.25) is 10.1 Å². The molecule has 31 heavy (non-hydrogen) atoms. The van der Waals surface area contributed by atoms with Crippen molar-refractivity contribution < 1.29 is 14.4 Å². The summed E-state index contributed by atoms with van der Waals surface area (Å²) in [6.07, 6.45) is 6.56. The highest BCUT2D eigenvalue weighted by Gasteiger charge is 2.17. The van der Waals surface area contributed by atoms with Crippen molar-refractivity contribution in [3.8, 4) is 11.5 Å². The highest BCUT2D eigenvalue weighted by Crippen LogP contribution is 2.41. The molecular weight excluding hydrogens is 443 g/mol. The van der Waals surface area contributed by atoms with Crippen molar-refractivity contribution in [1.29, 1.82) is 0 Å². The maximum Gasteiger partial charge on any atom is 0.293 e. The van der Waals surface area contributed by atoms with Gasteiger partial charge in [-0.25, -0.2) is 9.97 Å². The second-order valence-electron chi connectivity index (χ2n) is 6.35. The first-order valence-corrected chi connectivity index (χ1v) is 9.72. The Hall–Kier alpha value is -3.36. The molecule has 10 heteroatoms.